The predicted molar refractivity (Wildman–Crippen MR) is 64.4 cm³/mol. The Balaban J connectivity index is 1.98. The molecule has 1 amide bonds. The van der Waals surface area contributed by atoms with Crippen molar-refractivity contribution in [2.45, 2.75) is 19.0 Å². The van der Waals surface area contributed by atoms with Crippen LogP contribution in [0.1, 0.15) is 18.4 Å². The number of amides is 1. The van der Waals surface area contributed by atoms with Gasteiger partial charge in [0, 0.05) is 12.7 Å². The molecule has 1 aromatic carbocycles. The van der Waals surface area contributed by atoms with Crippen LogP contribution in [0.3, 0.4) is 0 Å². The van der Waals surface area contributed by atoms with Crippen molar-refractivity contribution in [2.75, 3.05) is 6.54 Å². The number of nitrogens with zero attached hydrogens (tertiary/aromatic N) is 1. The average molecular weight is 216 g/mol. The standard InChI is InChI=1S/C13H16N2O/c16-11-14-13-7-4-9-15(13)10-8-12-5-2-1-3-6-12/h1-3,5-6,8,10-11,13H,4,7,9H2,(H,14,16)/t13-/m0/s1. The molecule has 0 saturated carbocycles. The lowest BCUT2D eigenvalue weighted by Crippen LogP contribution is -2.37. The van der Waals surface area contributed by atoms with Crippen molar-refractivity contribution < 1.29 is 4.79 Å². The second-order valence-electron chi connectivity index (χ2n) is 3.91. The van der Waals surface area contributed by atoms with Crippen molar-refractivity contribution in [3.05, 3.63) is 42.1 Å². The molecule has 16 heavy (non-hydrogen) atoms. The van der Waals surface area contributed by atoms with Gasteiger partial charge in [0.2, 0.25) is 6.41 Å². The van der Waals surface area contributed by atoms with Crippen LogP contribution in [0.25, 0.3) is 6.08 Å². The van der Waals surface area contributed by atoms with E-state index in [0.717, 1.165) is 25.8 Å². The molecule has 1 fully saturated rings. The van der Waals surface area contributed by atoms with E-state index in [1.807, 2.05) is 18.2 Å². The summed E-state index contributed by atoms with van der Waals surface area (Å²) < 4.78 is 0. The van der Waals surface area contributed by atoms with Crippen LogP contribution < -0.4 is 5.32 Å². The zero-order chi connectivity index (χ0) is 11.2. The third-order valence-electron chi connectivity index (χ3n) is 2.81. The van der Waals surface area contributed by atoms with Gasteiger partial charge in [0.25, 0.3) is 0 Å². The minimum Gasteiger partial charge on any atom is -0.358 e. The molecule has 1 atom stereocenters. The fraction of sp³-hybridized carbons (Fsp3) is 0.308. The first kappa shape index (κ1) is 10.7. The van der Waals surface area contributed by atoms with Gasteiger partial charge in [-0.25, -0.2) is 0 Å². The predicted octanol–water partition coefficient (Wildman–Crippen LogP) is 1.83. The van der Waals surface area contributed by atoms with Gasteiger partial charge in [0.15, 0.2) is 0 Å². The first-order chi connectivity index (χ1) is 7.90. The van der Waals surface area contributed by atoms with Crippen molar-refractivity contribution in [3.8, 4) is 0 Å². The monoisotopic (exact) mass is 216 g/mol. The summed E-state index contributed by atoms with van der Waals surface area (Å²) >= 11 is 0. The van der Waals surface area contributed by atoms with Crippen LogP contribution in [0, 0.1) is 0 Å². The highest BCUT2D eigenvalue weighted by Crippen LogP contribution is 2.15. The van der Waals surface area contributed by atoms with Crippen LogP contribution in [0.2, 0.25) is 0 Å². The summed E-state index contributed by atoms with van der Waals surface area (Å²) in [6.07, 6.45) is 7.23. The molecule has 0 spiro atoms. The molecule has 1 heterocycles. The Hall–Kier alpha value is -1.77. The number of rotatable bonds is 4. The Kier molecular flexibility index (Phi) is 3.59. The highest BCUT2D eigenvalue weighted by atomic mass is 16.1. The maximum atomic E-state index is 10.4. The molecule has 3 nitrogen and oxygen atoms in total. The van der Waals surface area contributed by atoms with Gasteiger partial charge in [0.05, 0.1) is 0 Å². The molecular formula is C13H16N2O. The largest absolute Gasteiger partial charge is 0.358 e. The lowest BCUT2D eigenvalue weighted by Gasteiger charge is -2.21. The maximum absolute atomic E-state index is 10.4. The molecule has 0 unspecified atom stereocenters. The molecule has 2 rings (SSSR count). The zero-order valence-corrected chi connectivity index (χ0v) is 9.17. The third-order valence-corrected chi connectivity index (χ3v) is 2.81. The molecule has 1 aliphatic heterocycles. The van der Waals surface area contributed by atoms with Gasteiger partial charge in [-0.1, -0.05) is 30.3 Å². The summed E-state index contributed by atoms with van der Waals surface area (Å²) in [5.74, 6) is 0. The fourth-order valence-corrected chi connectivity index (χ4v) is 1.97. The molecule has 1 aliphatic rings. The van der Waals surface area contributed by atoms with Crippen molar-refractivity contribution in [3.63, 3.8) is 0 Å². The van der Waals surface area contributed by atoms with Crippen molar-refractivity contribution in [1.29, 1.82) is 0 Å². The van der Waals surface area contributed by atoms with Gasteiger partial charge in [-0.3, -0.25) is 4.79 Å². The minimum absolute atomic E-state index is 0.164. The van der Waals surface area contributed by atoms with Crippen LogP contribution in [-0.2, 0) is 4.79 Å². The number of hydrogen-bond acceptors (Lipinski definition) is 2. The molecular weight excluding hydrogens is 200 g/mol. The first-order valence-corrected chi connectivity index (χ1v) is 5.59. The molecule has 84 valence electrons. The van der Waals surface area contributed by atoms with Gasteiger partial charge in [-0.05, 0) is 24.5 Å². The van der Waals surface area contributed by atoms with Crippen LogP contribution in [0.15, 0.2) is 36.5 Å². The molecule has 0 aromatic heterocycles. The molecule has 1 aromatic rings. The Labute approximate surface area is 95.8 Å². The highest BCUT2D eigenvalue weighted by molar-refractivity contribution is 5.49. The zero-order valence-electron chi connectivity index (χ0n) is 9.17. The summed E-state index contributed by atoms with van der Waals surface area (Å²) in [6, 6.07) is 10.2. The van der Waals surface area contributed by atoms with E-state index >= 15 is 0 Å². The van der Waals surface area contributed by atoms with Gasteiger partial charge in [0.1, 0.15) is 6.17 Å². The van der Waals surface area contributed by atoms with E-state index in [-0.39, 0.29) is 6.17 Å². The van der Waals surface area contributed by atoms with Gasteiger partial charge >= 0.3 is 0 Å². The normalized spacial score (nSPS) is 20.2. The topological polar surface area (TPSA) is 32.3 Å². The Morgan fingerprint density at radius 2 is 2.12 bits per heavy atom. The summed E-state index contributed by atoms with van der Waals surface area (Å²) in [5, 5.41) is 2.82. The molecule has 1 N–H and O–H groups in total. The van der Waals surface area contributed by atoms with E-state index in [9.17, 15) is 4.79 Å². The van der Waals surface area contributed by atoms with E-state index in [0.29, 0.717) is 0 Å². The van der Waals surface area contributed by atoms with Crippen LogP contribution in [-0.4, -0.2) is 24.0 Å². The van der Waals surface area contributed by atoms with Crippen LogP contribution >= 0.6 is 0 Å². The summed E-state index contributed by atoms with van der Waals surface area (Å²) in [7, 11) is 0. The van der Waals surface area contributed by atoms with Gasteiger partial charge < -0.3 is 10.2 Å². The number of carbonyl (C=O) groups excluding carboxylic acids is 1. The van der Waals surface area contributed by atoms with E-state index in [2.05, 4.69) is 34.6 Å². The smallest absolute Gasteiger partial charge is 0.208 e. The fourth-order valence-electron chi connectivity index (χ4n) is 1.97. The Morgan fingerprint density at radius 1 is 1.31 bits per heavy atom. The second-order valence-corrected chi connectivity index (χ2v) is 3.91. The number of benzene rings is 1. The van der Waals surface area contributed by atoms with Gasteiger partial charge in [-0.15, -0.1) is 0 Å². The van der Waals surface area contributed by atoms with E-state index < -0.39 is 0 Å². The number of carbonyl (C=O) groups is 1. The van der Waals surface area contributed by atoms with E-state index in [1.165, 1.54) is 5.56 Å². The van der Waals surface area contributed by atoms with Crippen molar-refractivity contribution in [1.82, 2.24) is 10.2 Å². The molecule has 1 saturated heterocycles. The van der Waals surface area contributed by atoms with Crippen molar-refractivity contribution >= 4 is 12.5 Å². The SMILES string of the molecule is O=CN[C@@H]1CCCN1C=Cc1ccccc1. The lowest BCUT2D eigenvalue weighted by atomic mass is 10.2. The van der Waals surface area contributed by atoms with Gasteiger partial charge in [-0.2, -0.15) is 0 Å². The Bertz CT molecular complexity index is 361. The highest BCUT2D eigenvalue weighted by Gasteiger charge is 2.20. The molecule has 0 aliphatic carbocycles. The van der Waals surface area contributed by atoms with E-state index in [4.69, 9.17) is 0 Å². The molecule has 0 radical (unpaired) electrons. The number of likely N-dealkylation sites (tertiary alicyclic amines) is 1. The quantitative estimate of drug-likeness (QED) is 0.779. The van der Waals surface area contributed by atoms with E-state index in [1.54, 1.807) is 0 Å². The minimum atomic E-state index is 0.164. The first-order valence-electron chi connectivity index (χ1n) is 5.59. The maximum Gasteiger partial charge on any atom is 0.208 e. The van der Waals surface area contributed by atoms with Crippen LogP contribution in [0.4, 0.5) is 0 Å². The summed E-state index contributed by atoms with van der Waals surface area (Å²) in [4.78, 5) is 12.6. The molecule has 0 bridgehead atoms. The summed E-state index contributed by atoms with van der Waals surface area (Å²) in [6.45, 7) is 1.01. The lowest BCUT2D eigenvalue weighted by molar-refractivity contribution is -0.110. The average Bonchev–Trinajstić information content (AvgIpc) is 2.76. The summed E-state index contributed by atoms with van der Waals surface area (Å²) in [5.41, 5.74) is 1.18. The number of nitrogens with one attached hydrogen (secondary N) is 1. The van der Waals surface area contributed by atoms with Crippen molar-refractivity contribution in [2.24, 2.45) is 0 Å². The third kappa shape index (κ3) is 2.63. The Morgan fingerprint density at radius 3 is 2.88 bits per heavy atom. The molecule has 3 heteroatoms. The second kappa shape index (κ2) is 5.35. The number of hydrogen-bond donors (Lipinski definition) is 1. The van der Waals surface area contributed by atoms with Crippen LogP contribution in [0.5, 0.6) is 0 Å².